The fourth-order valence-electron chi connectivity index (χ4n) is 1.81. The van der Waals surface area contributed by atoms with E-state index < -0.39 is 10.0 Å². The van der Waals surface area contributed by atoms with Gasteiger partial charge in [0.25, 0.3) is 0 Å². The summed E-state index contributed by atoms with van der Waals surface area (Å²) >= 11 is 3.27. The first-order chi connectivity index (χ1) is 8.46. The van der Waals surface area contributed by atoms with E-state index in [0.29, 0.717) is 6.54 Å². The third-order valence-electron chi connectivity index (χ3n) is 2.82. The lowest BCUT2D eigenvalue weighted by Crippen LogP contribution is -2.33. The molecule has 0 amide bonds. The summed E-state index contributed by atoms with van der Waals surface area (Å²) in [6.45, 7) is 3.93. The molecule has 0 aromatic heterocycles. The van der Waals surface area contributed by atoms with Gasteiger partial charge in [-0.1, -0.05) is 22.0 Å². The number of hydrogen-bond acceptors (Lipinski definition) is 3. The average Bonchev–Trinajstić information content (AvgIpc) is 3.08. The minimum Gasteiger partial charge on any atom is -0.398 e. The van der Waals surface area contributed by atoms with Crippen LogP contribution in [0, 0.1) is 0 Å². The van der Waals surface area contributed by atoms with Crippen molar-refractivity contribution in [1.29, 1.82) is 0 Å². The van der Waals surface area contributed by atoms with E-state index >= 15 is 0 Å². The standard InChI is InChI=1S/C12H15BrN2O2S/c1-2-7-15(10-4-5-10)18(16,17)12-6-3-9(13)8-11(12)14/h2-3,6,8,10H,1,4-5,7,14H2. The first-order valence-corrected chi connectivity index (χ1v) is 7.88. The van der Waals surface area contributed by atoms with E-state index in [1.807, 2.05) is 0 Å². The third kappa shape index (κ3) is 2.60. The Balaban J connectivity index is 2.42. The summed E-state index contributed by atoms with van der Waals surface area (Å²) < 4.78 is 27.3. The van der Waals surface area contributed by atoms with Crippen LogP contribution in [0.15, 0.2) is 40.2 Å². The van der Waals surface area contributed by atoms with Gasteiger partial charge in [0.15, 0.2) is 0 Å². The van der Waals surface area contributed by atoms with Crippen molar-refractivity contribution in [3.8, 4) is 0 Å². The Morgan fingerprint density at radius 1 is 1.50 bits per heavy atom. The molecule has 0 bridgehead atoms. The lowest BCUT2D eigenvalue weighted by molar-refractivity contribution is 0.436. The molecule has 1 saturated carbocycles. The van der Waals surface area contributed by atoms with Crippen molar-refractivity contribution in [1.82, 2.24) is 4.31 Å². The molecule has 0 atom stereocenters. The number of hydrogen-bond donors (Lipinski definition) is 1. The number of nitrogens with two attached hydrogens (primary N) is 1. The number of sulfonamides is 1. The van der Waals surface area contributed by atoms with Crippen LogP contribution in [0.1, 0.15) is 12.8 Å². The Kier molecular flexibility index (Phi) is 3.79. The Labute approximate surface area is 116 Å². The molecule has 1 fully saturated rings. The van der Waals surface area contributed by atoms with Crippen LogP contribution in [0.3, 0.4) is 0 Å². The zero-order valence-electron chi connectivity index (χ0n) is 9.84. The van der Waals surface area contributed by atoms with Gasteiger partial charge in [-0.15, -0.1) is 6.58 Å². The van der Waals surface area contributed by atoms with Crippen molar-refractivity contribution in [2.24, 2.45) is 0 Å². The molecule has 18 heavy (non-hydrogen) atoms. The van der Waals surface area contributed by atoms with E-state index in [2.05, 4.69) is 22.5 Å². The summed E-state index contributed by atoms with van der Waals surface area (Å²) in [6, 6.07) is 4.91. The highest BCUT2D eigenvalue weighted by Gasteiger charge is 2.37. The number of halogens is 1. The second-order valence-corrected chi connectivity index (χ2v) is 7.05. The summed E-state index contributed by atoms with van der Waals surface area (Å²) in [7, 11) is -3.53. The monoisotopic (exact) mass is 330 g/mol. The van der Waals surface area contributed by atoms with Gasteiger partial charge >= 0.3 is 0 Å². The SMILES string of the molecule is C=CCN(C1CC1)S(=O)(=O)c1ccc(Br)cc1N. The third-order valence-corrected chi connectivity index (χ3v) is 5.31. The Morgan fingerprint density at radius 3 is 2.67 bits per heavy atom. The fourth-order valence-corrected chi connectivity index (χ4v) is 3.95. The molecule has 1 aromatic carbocycles. The summed E-state index contributed by atoms with van der Waals surface area (Å²) in [5.74, 6) is 0. The number of nitrogen functional groups attached to an aromatic ring is 1. The minimum atomic E-state index is -3.53. The van der Waals surface area contributed by atoms with Crippen LogP contribution >= 0.6 is 15.9 Å². The Morgan fingerprint density at radius 2 is 2.17 bits per heavy atom. The molecule has 2 N–H and O–H groups in total. The molecule has 6 heteroatoms. The van der Waals surface area contributed by atoms with Crippen molar-refractivity contribution in [2.75, 3.05) is 12.3 Å². The maximum absolute atomic E-state index is 12.5. The predicted octanol–water partition coefficient (Wildman–Crippen LogP) is 2.37. The molecule has 1 aliphatic rings. The summed E-state index contributed by atoms with van der Waals surface area (Å²) in [5, 5.41) is 0. The summed E-state index contributed by atoms with van der Waals surface area (Å²) in [6.07, 6.45) is 3.41. The van der Waals surface area contributed by atoms with Crippen LogP contribution in [0.5, 0.6) is 0 Å². The second kappa shape index (κ2) is 5.03. The number of rotatable bonds is 5. The zero-order valence-corrected chi connectivity index (χ0v) is 12.2. The maximum Gasteiger partial charge on any atom is 0.245 e. The van der Waals surface area contributed by atoms with E-state index in [4.69, 9.17) is 5.73 Å². The van der Waals surface area contributed by atoms with Gasteiger partial charge in [0.05, 0.1) is 5.69 Å². The fraction of sp³-hybridized carbons (Fsp3) is 0.333. The molecule has 0 unspecified atom stereocenters. The number of benzene rings is 1. The molecule has 98 valence electrons. The van der Waals surface area contributed by atoms with E-state index in [1.165, 1.54) is 10.4 Å². The predicted molar refractivity (Wildman–Crippen MR) is 75.7 cm³/mol. The lowest BCUT2D eigenvalue weighted by atomic mass is 10.3. The van der Waals surface area contributed by atoms with Crippen LogP contribution in [0.25, 0.3) is 0 Å². The molecule has 0 aliphatic heterocycles. The summed E-state index contributed by atoms with van der Waals surface area (Å²) in [5.41, 5.74) is 6.06. The number of nitrogens with zero attached hydrogens (tertiary/aromatic N) is 1. The molecule has 0 saturated heterocycles. The van der Waals surface area contributed by atoms with Gasteiger partial charge in [0.1, 0.15) is 4.90 Å². The maximum atomic E-state index is 12.5. The average molecular weight is 331 g/mol. The van der Waals surface area contributed by atoms with Crippen molar-refractivity contribution in [3.63, 3.8) is 0 Å². The van der Waals surface area contributed by atoms with Crippen molar-refractivity contribution in [2.45, 2.75) is 23.8 Å². The first-order valence-electron chi connectivity index (χ1n) is 5.64. The number of anilines is 1. The van der Waals surface area contributed by atoms with Gasteiger partial charge in [-0.25, -0.2) is 8.42 Å². The van der Waals surface area contributed by atoms with Crippen LogP contribution < -0.4 is 5.73 Å². The molecule has 2 rings (SSSR count). The van der Waals surface area contributed by atoms with Crippen molar-refractivity contribution >= 4 is 31.6 Å². The van der Waals surface area contributed by atoms with Crippen LogP contribution in [0.4, 0.5) is 5.69 Å². The zero-order chi connectivity index (χ0) is 13.3. The van der Waals surface area contributed by atoms with Gasteiger partial charge in [0.2, 0.25) is 10.0 Å². The highest BCUT2D eigenvalue weighted by atomic mass is 79.9. The highest BCUT2D eigenvalue weighted by Crippen LogP contribution is 2.34. The van der Waals surface area contributed by atoms with Gasteiger partial charge in [0, 0.05) is 17.1 Å². The molecular formula is C12H15BrN2O2S. The van der Waals surface area contributed by atoms with E-state index in [1.54, 1.807) is 18.2 Å². The Bertz CT molecular complexity index is 567. The van der Waals surface area contributed by atoms with Crippen molar-refractivity contribution < 1.29 is 8.42 Å². The lowest BCUT2D eigenvalue weighted by Gasteiger charge is -2.21. The van der Waals surface area contributed by atoms with Gasteiger partial charge in [-0.05, 0) is 31.0 Å². The van der Waals surface area contributed by atoms with Crippen molar-refractivity contribution in [3.05, 3.63) is 35.3 Å². The summed E-state index contributed by atoms with van der Waals surface area (Å²) in [4.78, 5) is 0.166. The molecule has 0 radical (unpaired) electrons. The van der Waals surface area contributed by atoms with Gasteiger partial charge in [-0.2, -0.15) is 4.31 Å². The van der Waals surface area contributed by atoms with E-state index in [-0.39, 0.29) is 16.6 Å². The quantitative estimate of drug-likeness (QED) is 0.665. The molecule has 1 aliphatic carbocycles. The normalized spacial score (nSPS) is 15.9. The molecule has 4 nitrogen and oxygen atoms in total. The first kappa shape index (κ1) is 13.6. The molecule has 1 aromatic rings. The van der Waals surface area contributed by atoms with Crippen LogP contribution in [0.2, 0.25) is 0 Å². The molecule has 0 heterocycles. The van der Waals surface area contributed by atoms with Gasteiger partial charge < -0.3 is 5.73 Å². The van der Waals surface area contributed by atoms with E-state index in [0.717, 1.165) is 17.3 Å². The topological polar surface area (TPSA) is 63.4 Å². The second-order valence-electron chi connectivity index (χ2n) is 4.28. The van der Waals surface area contributed by atoms with Crippen LogP contribution in [-0.2, 0) is 10.0 Å². The minimum absolute atomic E-state index is 0.0936. The largest absolute Gasteiger partial charge is 0.398 e. The molecular weight excluding hydrogens is 316 g/mol. The van der Waals surface area contributed by atoms with Gasteiger partial charge in [-0.3, -0.25) is 0 Å². The highest BCUT2D eigenvalue weighted by molar-refractivity contribution is 9.10. The van der Waals surface area contributed by atoms with Crippen LogP contribution in [-0.4, -0.2) is 25.3 Å². The Hall–Kier alpha value is -0.850. The smallest absolute Gasteiger partial charge is 0.245 e. The van der Waals surface area contributed by atoms with E-state index in [9.17, 15) is 8.42 Å². The molecule has 0 spiro atoms.